The SMILES string of the molecule is NNC(=O)[C@@]1(c2ccccc2)C[C@@H]1F. The number of amides is 1. The van der Waals surface area contributed by atoms with Gasteiger partial charge in [0, 0.05) is 6.42 Å². The number of benzene rings is 1. The molecule has 0 radical (unpaired) electrons. The molecule has 0 unspecified atom stereocenters. The van der Waals surface area contributed by atoms with Gasteiger partial charge >= 0.3 is 0 Å². The summed E-state index contributed by atoms with van der Waals surface area (Å²) in [6, 6.07) is 8.88. The van der Waals surface area contributed by atoms with Crippen LogP contribution in [-0.2, 0) is 10.2 Å². The number of hydrogen-bond acceptors (Lipinski definition) is 2. The van der Waals surface area contributed by atoms with Crippen LogP contribution in [0.1, 0.15) is 12.0 Å². The number of nitrogens with one attached hydrogen (secondary N) is 1. The van der Waals surface area contributed by atoms with E-state index in [9.17, 15) is 9.18 Å². The minimum Gasteiger partial charge on any atom is -0.293 e. The Kier molecular flexibility index (Phi) is 2.00. The number of hydrazine groups is 1. The summed E-state index contributed by atoms with van der Waals surface area (Å²) in [5, 5.41) is 0. The highest BCUT2D eigenvalue weighted by Crippen LogP contribution is 2.50. The molecule has 2 atom stereocenters. The van der Waals surface area contributed by atoms with Gasteiger partial charge in [-0.2, -0.15) is 0 Å². The Labute approximate surface area is 81.1 Å². The smallest absolute Gasteiger partial charge is 0.247 e. The lowest BCUT2D eigenvalue weighted by atomic mass is 9.95. The lowest BCUT2D eigenvalue weighted by molar-refractivity contribution is -0.124. The summed E-state index contributed by atoms with van der Waals surface area (Å²) in [5.41, 5.74) is 1.68. The molecule has 1 fully saturated rings. The van der Waals surface area contributed by atoms with Crippen molar-refractivity contribution in [2.75, 3.05) is 0 Å². The number of rotatable bonds is 2. The van der Waals surface area contributed by atoms with E-state index in [4.69, 9.17) is 5.84 Å². The molecule has 0 spiro atoms. The third-order valence-electron chi connectivity index (χ3n) is 2.70. The normalized spacial score (nSPS) is 29.7. The van der Waals surface area contributed by atoms with Gasteiger partial charge in [0.15, 0.2) is 0 Å². The second kappa shape index (κ2) is 3.06. The van der Waals surface area contributed by atoms with Gasteiger partial charge in [-0.05, 0) is 5.56 Å². The molecule has 74 valence electrons. The van der Waals surface area contributed by atoms with Crippen molar-refractivity contribution in [3.8, 4) is 0 Å². The van der Waals surface area contributed by atoms with Crippen LogP contribution in [0.4, 0.5) is 4.39 Å². The van der Waals surface area contributed by atoms with Gasteiger partial charge in [-0.15, -0.1) is 0 Å². The van der Waals surface area contributed by atoms with E-state index in [2.05, 4.69) is 0 Å². The van der Waals surface area contributed by atoms with Gasteiger partial charge in [-0.1, -0.05) is 30.3 Å². The van der Waals surface area contributed by atoms with Crippen LogP contribution in [0.3, 0.4) is 0 Å². The quantitative estimate of drug-likeness (QED) is 0.412. The summed E-state index contributed by atoms with van der Waals surface area (Å²) < 4.78 is 13.2. The Morgan fingerprint density at radius 3 is 2.50 bits per heavy atom. The highest BCUT2D eigenvalue weighted by molar-refractivity contribution is 5.92. The average Bonchev–Trinajstić information content (AvgIpc) is 2.92. The Bertz CT molecular complexity index is 354. The van der Waals surface area contributed by atoms with E-state index in [0.717, 1.165) is 0 Å². The highest BCUT2D eigenvalue weighted by Gasteiger charge is 2.62. The molecule has 0 heterocycles. The molecule has 14 heavy (non-hydrogen) atoms. The van der Waals surface area contributed by atoms with E-state index in [1.165, 1.54) is 0 Å². The van der Waals surface area contributed by atoms with Crippen molar-refractivity contribution in [3.05, 3.63) is 35.9 Å². The van der Waals surface area contributed by atoms with Crippen molar-refractivity contribution >= 4 is 5.91 Å². The Morgan fingerprint density at radius 2 is 2.07 bits per heavy atom. The highest BCUT2D eigenvalue weighted by atomic mass is 19.1. The first kappa shape index (κ1) is 9.15. The predicted octanol–water partition coefficient (Wildman–Crippen LogP) is 0.656. The zero-order valence-corrected chi connectivity index (χ0v) is 7.53. The van der Waals surface area contributed by atoms with Crippen LogP contribution >= 0.6 is 0 Å². The number of hydrogen-bond donors (Lipinski definition) is 2. The molecule has 0 saturated heterocycles. The molecule has 1 aliphatic carbocycles. The number of nitrogens with two attached hydrogens (primary N) is 1. The zero-order valence-electron chi connectivity index (χ0n) is 7.53. The van der Waals surface area contributed by atoms with Crippen LogP contribution in [0.5, 0.6) is 0 Å². The predicted molar refractivity (Wildman–Crippen MR) is 50.0 cm³/mol. The fraction of sp³-hybridized carbons (Fsp3) is 0.300. The molecule has 1 aliphatic rings. The maximum Gasteiger partial charge on any atom is 0.247 e. The number of carbonyl (C=O) groups is 1. The summed E-state index contributed by atoms with van der Waals surface area (Å²) in [7, 11) is 0. The first-order valence-corrected chi connectivity index (χ1v) is 4.42. The molecule has 3 N–H and O–H groups in total. The van der Waals surface area contributed by atoms with Gasteiger partial charge in [0.2, 0.25) is 5.91 Å². The molecule has 0 aromatic heterocycles. The van der Waals surface area contributed by atoms with E-state index in [1.54, 1.807) is 24.3 Å². The van der Waals surface area contributed by atoms with Crippen LogP contribution in [0.25, 0.3) is 0 Å². The minimum absolute atomic E-state index is 0.222. The standard InChI is InChI=1S/C10H11FN2O/c11-8-6-10(8,9(14)13-12)7-4-2-1-3-5-7/h1-5,8H,6,12H2,(H,13,14)/t8-,10+/m0/s1. The lowest BCUT2D eigenvalue weighted by Gasteiger charge is -2.13. The third kappa shape index (κ3) is 1.11. The van der Waals surface area contributed by atoms with Gasteiger partial charge in [-0.3, -0.25) is 10.2 Å². The van der Waals surface area contributed by atoms with E-state index < -0.39 is 17.5 Å². The maximum absolute atomic E-state index is 13.2. The van der Waals surface area contributed by atoms with Crippen molar-refractivity contribution in [3.63, 3.8) is 0 Å². The van der Waals surface area contributed by atoms with Crippen LogP contribution in [0.2, 0.25) is 0 Å². The first-order chi connectivity index (χ1) is 6.71. The first-order valence-electron chi connectivity index (χ1n) is 4.42. The van der Waals surface area contributed by atoms with Crippen molar-refractivity contribution in [2.24, 2.45) is 5.84 Å². The van der Waals surface area contributed by atoms with Gasteiger partial charge < -0.3 is 0 Å². The monoisotopic (exact) mass is 194 g/mol. The third-order valence-corrected chi connectivity index (χ3v) is 2.70. The van der Waals surface area contributed by atoms with Crippen molar-refractivity contribution in [1.82, 2.24) is 5.43 Å². The van der Waals surface area contributed by atoms with E-state index in [-0.39, 0.29) is 6.42 Å². The lowest BCUT2D eigenvalue weighted by Crippen LogP contribution is -2.40. The fourth-order valence-electron chi connectivity index (χ4n) is 1.75. The summed E-state index contributed by atoms with van der Waals surface area (Å²) in [4.78, 5) is 11.4. The summed E-state index contributed by atoms with van der Waals surface area (Å²) in [6.07, 6.45) is -0.895. The van der Waals surface area contributed by atoms with Crippen molar-refractivity contribution < 1.29 is 9.18 Å². The Hall–Kier alpha value is -1.42. The van der Waals surface area contributed by atoms with Crippen LogP contribution in [0.15, 0.2) is 30.3 Å². The van der Waals surface area contributed by atoms with E-state index >= 15 is 0 Å². The van der Waals surface area contributed by atoms with Crippen LogP contribution < -0.4 is 11.3 Å². The summed E-state index contributed by atoms with van der Waals surface area (Å²) in [6.45, 7) is 0. The van der Waals surface area contributed by atoms with Crippen molar-refractivity contribution in [2.45, 2.75) is 18.0 Å². The number of alkyl halides is 1. The molecular weight excluding hydrogens is 183 g/mol. The largest absolute Gasteiger partial charge is 0.293 e. The number of halogens is 1. The fourth-order valence-corrected chi connectivity index (χ4v) is 1.75. The van der Waals surface area contributed by atoms with Crippen molar-refractivity contribution in [1.29, 1.82) is 0 Å². The molecule has 1 aromatic carbocycles. The van der Waals surface area contributed by atoms with E-state index in [1.807, 2.05) is 11.5 Å². The number of carbonyl (C=O) groups excluding carboxylic acids is 1. The van der Waals surface area contributed by atoms with Crippen LogP contribution in [-0.4, -0.2) is 12.1 Å². The average molecular weight is 194 g/mol. The Balaban J connectivity index is 2.36. The Morgan fingerprint density at radius 1 is 1.50 bits per heavy atom. The molecule has 2 rings (SSSR count). The van der Waals surface area contributed by atoms with Crippen LogP contribution in [0, 0.1) is 0 Å². The molecular formula is C10H11FN2O. The molecule has 1 amide bonds. The second-order valence-corrected chi connectivity index (χ2v) is 3.48. The molecule has 1 saturated carbocycles. The van der Waals surface area contributed by atoms with E-state index in [0.29, 0.717) is 5.56 Å². The van der Waals surface area contributed by atoms with Gasteiger partial charge in [-0.25, -0.2) is 10.2 Å². The minimum atomic E-state index is -1.12. The molecule has 4 heteroatoms. The van der Waals surface area contributed by atoms with Gasteiger partial charge in [0.25, 0.3) is 0 Å². The topological polar surface area (TPSA) is 55.1 Å². The zero-order chi connectivity index (χ0) is 10.2. The van der Waals surface area contributed by atoms with Gasteiger partial charge in [0.1, 0.15) is 11.6 Å². The second-order valence-electron chi connectivity index (χ2n) is 3.48. The summed E-state index contributed by atoms with van der Waals surface area (Å²) >= 11 is 0. The molecule has 0 bridgehead atoms. The molecule has 0 aliphatic heterocycles. The molecule has 3 nitrogen and oxygen atoms in total. The van der Waals surface area contributed by atoms with Gasteiger partial charge in [0.05, 0.1) is 0 Å². The molecule has 1 aromatic rings. The maximum atomic E-state index is 13.2. The summed E-state index contributed by atoms with van der Waals surface area (Å²) in [5.74, 6) is 4.58.